The Bertz CT molecular complexity index is 759. The number of carboxylic acids is 2. The van der Waals surface area contributed by atoms with Crippen molar-refractivity contribution in [1.82, 2.24) is 5.32 Å². The highest BCUT2D eigenvalue weighted by atomic mass is 32.2. The maximum Gasteiger partial charge on any atom is 0.327 e. The van der Waals surface area contributed by atoms with Crippen LogP contribution in [0.5, 0.6) is 17.2 Å². The summed E-state index contributed by atoms with van der Waals surface area (Å²) < 4.78 is 10.2. The number of methoxy groups -OCH3 is 2. The number of carbonyl (C=O) groups is 3. The van der Waals surface area contributed by atoms with E-state index in [0.717, 1.165) is 5.56 Å². The fourth-order valence-corrected chi connectivity index (χ4v) is 3.13. The number of phenols is 1. The molecule has 10 nitrogen and oxygen atoms in total. The molecule has 1 aromatic carbocycles. The van der Waals surface area contributed by atoms with Gasteiger partial charge >= 0.3 is 11.9 Å². The summed E-state index contributed by atoms with van der Waals surface area (Å²) in [6.45, 7) is 0. The summed E-state index contributed by atoms with van der Waals surface area (Å²) in [5.41, 5.74) is 6.05. The largest absolute Gasteiger partial charge is 0.502 e. The van der Waals surface area contributed by atoms with Gasteiger partial charge in [-0.3, -0.25) is 9.59 Å². The Morgan fingerprint density at radius 3 is 2.27 bits per heavy atom. The van der Waals surface area contributed by atoms with Gasteiger partial charge in [-0.1, -0.05) is 12.2 Å². The van der Waals surface area contributed by atoms with Gasteiger partial charge in [0.25, 0.3) is 0 Å². The van der Waals surface area contributed by atoms with E-state index in [1.165, 1.54) is 26.0 Å². The number of nitrogens with one attached hydrogen (secondary N) is 1. The number of phenolic OH excluding ortho intramolecular Hbond substituents is 1. The number of hydrogen-bond donors (Lipinski definition) is 5. The lowest BCUT2D eigenvalue weighted by atomic mass is 10.1. The van der Waals surface area contributed by atoms with Crippen molar-refractivity contribution in [2.75, 3.05) is 25.7 Å². The van der Waals surface area contributed by atoms with Crippen LogP contribution in [-0.2, 0) is 14.4 Å². The van der Waals surface area contributed by atoms with Crippen molar-refractivity contribution >= 4 is 35.7 Å². The minimum Gasteiger partial charge on any atom is -0.502 e. The average Bonchev–Trinajstić information content (AvgIpc) is 2.71. The number of hydrogen-bond acceptors (Lipinski definition) is 8. The summed E-state index contributed by atoms with van der Waals surface area (Å²) in [6.07, 6.45) is 3.30. The highest BCUT2D eigenvalue weighted by Crippen LogP contribution is 2.37. The second-order valence-corrected chi connectivity index (χ2v) is 7.23. The maximum atomic E-state index is 11.8. The number of aromatic hydroxyl groups is 1. The summed E-state index contributed by atoms with van der Waals surface area (Å²) in [6, 6.07) is 0.976. The Hall–Kier alpha value is -2.92. The van der Waals surface area contributed by atoms with Crippen LogP contribution in [0, 0.1) is 0 Å². The van der Waals surface area contributed by atoms with Crippen LogP contribution in [-0.4, -0.2) is 71.0 Å². The molecule has 0 saturated heterocycles. The second kappa shape index (κ2) is 12.6. The molecular weight excluding hydrogens is 416 g/mol. The molecule has 0 aromatic heterocycles. The number of carboxylic acid groups (broad SMARTS) is 2. The summed E-state index contributed by atoms with van der Waals surface area (Å²) >= 11 is 1.29. The third kappa shape index (κ3) is 8.21. The van der Waals surface area contributed by atoms with E-state index in [4.69, 9.17) is 20.3 Å². The summed E-state index contributed by atoms with van der Waals surface area (Å²) in [5.74, 6) is -1.96. The average molecular weight is 442 g/mol. The molecule has 0 unspecified atom stereocenters. The van der Waals surface area contributed by atoms with E-state index >= 15 is 0 Å². The van der Waals surface area contributed by atoms with Gasteiger partial charge in [-0.25, -0.2) is 4.79 Å². The molecule has 0 spiro atoms. The van der Waals surface area contributed by atoms with E-state index in [2.05, 4.69) is 5.32 Å². The summed E-state index contributed by atoms with van der Waals surface area (Å²) in [7, 11) is 2.85. The Morgan fingerprint density at radius 2 is 1.77 bits per heavy atom. The number of benzene rings is 1. The molecule has 0 aliphatic carbocycles. The fraction of sp³-hybridized carbons (Fsp3) is 0.421. The number of aliphatic carboxylic acids is 2. The Balaban J connectivity index is 2.54. The molecule has 0 bridgehead atoms. The van der Waals surface area contributed by atoms with Crippen LogP contribution in [0.2, 0.25) is 0 Å². The van der Waals surface area contributed by atoms with E-state index in [-0.39, 0.29) is 35.8 Å². The van der Waals surface area contributed by atoms with Crippen molar-refractivity contribution in [2.45, 2.75) is 24.9 Å². The highest BCUT2D eigenvalue weighted by molar-refractivity contribution is 7.99. The second-order valence-electron chi connectivity index (χ2n) is 6.16. The van der Waals surface area contributed by atoms with E-state index in [1.807, 2.05) is 0 Å². The van der Waals surface area contributed by atoms with Gasteiger partial charge in [-0.2, -0.15) is 11.8 Å². The maximum absolute atomic E-state index is 11.8. The smallest absolute Gasteiger partial charge is 0.327 e. The lowest BCUT2D eigenvalue weighted by molar-refractivity contribution is -0.141. The van der Waals surface area contributed by atoms with Crippen LogP contribution in [0.1, 0.15) is 18.4 Å². The van der Waals surface area contributed by atoms with Gasteiger partial charge in [0.1, 0.15) is 12.1 Å². The van der Waals surface area contributed by atoms with Crippen LogP contribution in [0.15, 0.2) is 18.2 Å². The molecule has 2 atom stereocenters. The number of rotatable bonds is 13. The Morgan fingerprint density at radius 1 is 1.17 bits per heavy atom. The van der Waals surface area contributed by atoms with E-state index in [0.29, 0.717) is 5.75 Å². The predicted molar refractivity (Wildman–Crippen MR) is 112 cm³/mol. The molecular formula is C19H26N2O8S. The zero-order valence-electron chi connectivity index (χ0n) is 16.7. The molecule has 0 radical (unpaired) electrons. The van der Waals surface area contributed by atoms with E-state index in [1.54, 1.807) is 24.3 Å². The minimum absolute atomic E-state index is 0.0804. The number of carbonyl (C=O) groups excluding carboxylic acids is 1. The SMILES string of the molecule is COc1cc(C=CCSC[C@H](NC(=O)CC[C@H](N)C(=O)O)C(=O)O)cc(OC)c1O. The zero-order valence-corrected chi connectivity index (χ0v) is 17.5. The van der Waals surface area contributed by atoms with E-state index < -0.39 is 29.9 Å². The van der Waals surface area contributed by atoms with Crippen molar-refractivity contribution in [3.05, 3.63) is 23.8 Å². The zero-order chi connectivity index (χ0) is 22.7. The first-order valence-electron chi connectivity index (χ1n) is 8.89. The highest BCUT2D eigenvalue weighted by Gasteiger charge is 2.21. The van der Waals surface area contributed by atoms with Crippen LogP contribution < -0.4 is 20.5 Å². The van der Waals surface area contributed by atoms with Crippen LogP contribution in [0.3, 0.4) is 0 Å². The molecule has 6 N–H and O–H groups in total. The standard InChI is InChI=1S/C19H26N2O8S/c1-28-14-8-11(9-15(29-2)17(14)23)4-3-7-30-10-13(19(26)27)21-16(22)6-5-12(20)18(24)25/h3-4,8-9,12-13,23H,5-7,10,20H2,1-2H3,(H,21,22)(H,24,25)(H,26,27)/t12-,13-/m0/s1. The molecule has 11 heteroatoms. The molecule has 0 fully saturated rings. The third-order valence-corrected chi connectivity index (χ3v) is 4.94. The van der Waals surface area contributed by atoms with Gasteiger partial charge < -0.3 is 35.8 Å². The molecule has 0 heterocycles. The normalized spacial score (nSPS) is 12.9. The van der Waals surface area contributed by atoms with E-state index in [9.17, 15) is 24.6 Å². The molecule has 0 aliphatic heterocycles. The molecule has 1 aromatic rings. The Labute approximate surface area is 178 Å². The van der Waals surface area contributed by atoms with Crippen molar-refractivity contribution in [1.29, 1.82) is 0 Å². The van der Waals surface area contributed by atoms with Gasteiger partial charge in [0.05, 0.1) is 14.2 Å². The number of thioether (sulfide) groups is 1. The van der Waals surface area contributed by atoms with Crippen molar-refractivity contribution in [3.63, 3.8) is 0 Å². The Kier molecular flexibility index (Phi) is 10.6. The monoisotopic (exact) mass is 442 g/mol. The van der Waals surface area contributed by atoms with Gasteiger partial charge in [0, 0.05) is 17.9 Å². The van der Waals surface area contributed by atoms with Crippen molar-refractivity contribution in [2.24, 2.45) is 5.73 Å². The number of ether oxygens (including phenoxy) is 2. The number of amides is 1. The van der Waals surface area contributed by atoms with Crippen molar-refractivity contribution in [3.8, 4) is 17.2 Å². The first kappa shape index (κ1) is 25.1. The fourth-order valence-electron chi connectivity index (χ4n) is 2.30. The first-order valence-corrected chi connectivity index (χ1v) is 10.0. The van der Waals surface area contributed by atoms with Crippen molar-refractivity contribution < 1.29 is 39.2 Å². The predicted octanol–water partition coefficient (Wildman–Crippen LogP) is 0.917. The summed E-state index contributed by atoms with van der Waals surface area (Å²) in [5, 5.41) is 30.2. The molecule has 0 saturated carbocycles. The topological polar surface area (TPSA) is 168 Å². The molecule has 0 aliphatic rings. The first-order chi connectivity index (χ1) is 14.2. The quantitative estimate of drug-likeness (QED) is 0.277. The van der Waals surface area contributed by atoms with Gasteiger partial charge in [-0.05, 0) is 24.1 Å². The third-order valence-electron chi connectivity index (χ3n) is 3.94. The molecule has 30 heavy (non-hydrogen) atoms. The summed E-state index contributed by atoms with van der Waals surface area (Å²) in [4.78, 5) is 33.8. The van der Waals surface area contributed by atoms with Gasteiger partial charge in [0.15, 0.2) is 11.5 Å². The number of nitrogens with two attached hydrogens (primary N) is 1. The molecule has 1 rings (SSSR count). The van der Waals surface area contributed by atoms with Crippen LogP contribution in [0.25, 0.3) is 6.08 Å². The van der Waals surface area contributed by atoms with Gasteiger partial charge in [0.2, 0.25) is 11.7 Å². The molecule has 1 amide bonds. The van der Waals surface area contributed by atoms with Crippen LogP contribution >= 0.6 is 11.8 Å². The molecule has 166 valence electrons. The minimum atomic E-state index is -1.22. The lowest BCUT2D eigenvalue weighted by Crippen LogP contribution is -2.43. The lowest BCUT2D eigenvalue weighted by Gasteiger charge is -2.14. The van der Waals surface area contributed by atoms with Crippen LogP contribution in [0.4, 0.5) is 0 Å². The van der Waals surface area contributed by atoms with Gasteiger partial charge in [-0.15, -0.1) is 0 Å².